The van der Waals surface area contributed by atoms with Gasteiger partial charge in [-0.3, -0.25) is 0 Å². The van der Waals surface area contributed by atoms with Crippen LogP contribution < -0.4 is 0 Å². The van der Waals surface area contributed by atoms with E-state index in [1.165, 1.54) is 12.1 Å². The Bertz CT molecular complexity index is 1090. The molecule has 0 bridgehead atoms. The molecule has 9 heteroatoms. The zero-order valence-corrected chi connectivity index (χ0v) is 18.7. The molecule has 1 aliphatic rings. The fourth-order valence-electron chi connectivity index (χ4n) is 4.40. The maximum atomic E-state index is 13.5. The van der Waals surface area contributed by atoms with Gasteiger partial charge >= 0.3 is 6.18 Å². The van der Waals surface area contributed by atoms with Gasteiger partial charge in [-0.05, 0) is 81.1 Å². The number of alkyl halides is 3. The van der Waals surface area contributed by atoms with Crippen LogP contribution in [0.25, 0.3) is 11.4 Å². The lowest BCUT2D eigenvalue weighted by molar-refractivity contribution is -0.137. The molecule has 4 rings (SSSR count). The van der Waals surface area contributed by atoms with E-state index in [-0.39, 0.29) is 29.2 Å². The maximum Gasteiger partial charge on any atom is 0.416 e. The van der Waals surface area contributed by atoms with E-state index < -0.39 is 11.7 Å². The van der Waals surface area contributed by atoms with E-state index in [1.807, 2.05) is 7.05 Å². The second kappa shape index (κ2) is 9.31. The maximum absolute atomic E-state index is 13.5. The Morgan fingerprint density at radius 3 is 2.39 bits per heavy atom. The Morgan fingerprint density at radius 2 is 1.79 bits per heavy atom. The number of halogens is 4. The first-order chi connectivity index (χ1) is 15.7. The smallest absolute Gasteiger partial charge is 0.398 e. The van der Waals surface area contributed by atoms with Crippen molar-refractivity contribution in [3.63, 3.8) is 0 Å². The van der Waals surface area contributed by atoms with Gasteiger partial charge in [0.2, 0.25) is 7.98 Å². The van der Waals surface area contributed by atoms with Crippen molar-refractivity contribution in [3.8, 4) is 11.4 Å². The Labute approximate surface area is 191 Å². The number of hydrogen-bond donors (Lipinski definition) is 0. The SMILES string of the molecule is Bn1cccc1-c1cc(C(F)(F)F)cc(COCC2(c3ccc(F)cc3)CCN(C)CC2)n1. The Hall–Kier alpha value is -2.65. The van der Waals surface area contributed by atoms with Gasteiger partial charge in [-0.15, -0.1) is 0 Å². The highest BCUT2D eigenvalue weighted by Gasteiger charge is 2.36. The highest BCUT2D eigenvalue weighted by molar-refractivity contribution is 6.08. The fraction of sp³-hybridized carbons (Fsp3) is 0.375. The standard InChI is InChI=1S/C24H26BF4N3O/c1-31-11-8-23(9-12-31,17-4-6-19(26)7-5-17)16-33-15-20-13-18(24(27,28)29)14-21(30-20)22-3-2-10-32(22)25/h2-7,10,13-14H,8-9,11-12,15-16,25H2,1H3. The van der Waals surface area contributed by atoms with Crippen LogP contribution in [-0.4, -0.2) is 49.1 Å². The van der Waals surface area contributed by atoms with Gasteiger partial charge in [0, 0.05) is 5.41 Å². The van der Waals surface area contributed by atoms with Gasteiger partial charge in [0.25, 0.3) is 0 Å². The number of hydrogen-bond acceptors (Lipinski definition) is 3. The number of ether oxygens (including phenoxy) is 1. The number of piperidine rings is 1. The summed E-state index contributed by atoms with van der Waals surface area (Å²) in [4.78, 5) is 6.67. The van der Waals surface area contributed by atoms with Crippen molar-refractivity contribution < 1.29 is 22.3 Å². The highest BCUT2D eigenvalue weighted by atomic mass is 19.4. The van der Waals surface area contributed by atoms with Crippen LogP contribution >= 0.6 is 0 Å². The third-order valence-electron chi connectivity index (χ3n) is 6.44. The van der Waals surface area contributed by atoms with E-state index in [4.69, 9.17) is 4.74 Å². The Balaban J connectivity index is 1.57. The van der Waals surface area contributed by atoms with Gasteiger partial charge in [0.15, 0.2) is 0 Å². The third kappa shape index (κ3) is 5.30. The molecular formula is C24H26BF4N3O. The largest absolute Gasteiger partial charge is 0.416 e. The van der Waals surface area contributed by atoms with Crippen molar-refractivity contribution >= 4 is 7.98 Å². The number of nitrogens with zero attached hydrogens (tertiary/aromatic N) is 3. The monoisotopic (exact) mass is 459 g/mol. The quantitative estimate of drug-likeness (QED) is 0.407. The summed E-state index contributed by atoms with van der Waals surface area (Å²) in [6.45, 7) is 2.00. The van der Waals surface area contributed by atoms with E-state index >= 15 is 0 Å². The first kappa shape index (κ1) is 23.5. The lowest BCUT2D eigenvalue weighted by Crippen LogP contribution is -2.43. The summed E-state index contributed by atoms with van der Waals surface area (Å²) >= 11 is 0. The molecule has 4 nitrogen and oxygen atoms in total. The van der Waals surface area contributed by atoms with Crippen molar-refractivity contribution in [2.75, 3.05) is 26.7 Å². The van der Waals surface area contributed by atoms with Gasteiger partial charge in [-0.2, -0.15) is 13.2 Å². The summed E-state index contributed by atoms with van der Waals surface area (Å²) in [6, 6.07) is 12.0. The second-order valence-corrected chi connectivity index (χ2v) is 8.82. The van der Waals surface area contributed by atoms with Crippen LogP contribution in [0.5, 0.6) is 0 Å². The minimum Gasteiger partial charge on any atom is -0.398 e. The molecule has 0 radical (unpaired) electrons. The van der Waals surface area contributed by atoms with E-state index in [1.54, 1.807) is 42.9 Å². The fourth-order valence-corrected chi connectivity index (χ4v) is 4.40. The predicted molar refractivity (Wildman–Crippen MR) is 121 cm³/mol. The normalized spacial score (nSPS) is 16.8. The van der Waals surface area contributed by atoms with Gasteiger partial charge in [0.05, 0.1) is 35.9 Å². The second-order valence-electron chi connectivity index (χ2n) is 8.82. The molecular weight excluding hydrogens is 433 g/mol. The molecule has 0 aliphatic carbocycles. The lowest BCUT2D eigenvalue weighted by atomic mass is 9.73. The van der Waals surface area contributed by atoms with Gasteiger partial charge < -0.3 is 14.1 Å². The average molecular weight is 459 g/mol. The minimum atomic E-state index is -4.49. The lowest BCUT2D eigenvalue weighted by Gasteiger charge is -2.41. The van der Waals surface area contributed by atoms with Crippen LogP contribution in [0.2, 0.25) is 0 Å². The van der Waals surface area contributed by atoms with Crippen molar-refractivity contribution in [1.29, 1.82) is 0 Å². The van der Waals surface area contributed by atoms with Crippen LogP contribution in [0.1, 0.15) is 29.7 Å². The number of pyridine rings is 1. The number of likely N-dealkylation sites (tertiary alicyclic amines) is 1. The summed E-state index contributed by atoms with van der Waals surface area (Å²) in [5, 5.41) is 0. The molecule has 2 aromatic heterocycles. The molecule has 1 fully saturated rings. The molecule has 3 heterocycles. The average Bonchev–Trinajstić information content (AvgIpc) is 3.21. The summed E-state index contributed by atoms with van der Waals surface area (Å²) in [5.41, 5.74) is 0.994. The van der Waals surface area contributed by atoms with Gasteiger partial charge in [0.1, 0.15) is 5.82 Å². The molecule has 3 aromatic rings. The van der Waals surface area contributed by atoms with Crippen molar-refractivity contribution in [1.82, 2.24) is 14.4 Å². The molecule has 1 aromatic carbocycles. The summed E-state index contributed by atoms with van der Waals surface area (Å²) in [7, 11) is 3.81. The van der Waals surface area contributed by atoms with Crippen molar-refractivity contribution in [2.45, 2.75) is 31.0 Å². The molecule has 1 saturated heterocycles. The van der Waals surface area contributed by atoms with Crippen LogP contribution in [-0.2, 0) is 22.9 Å². The van der Waals surface area contributed by atoms with Crippen LogP contribution in [0.4, 0.5) is 17.6 Å². The highest BCUT2D eigenvalue weighted by Crippen LogP contribution is 2.36. The van der Waals surface area contributed by atoms with E-state index in [9.17, 15) is 17.6 Å². The summed E-state index contributed by atoms with van der Waals surface area (Å²) in [6.07, 6.45) is -1.08. The number of aromatic nitrogens is 2. The Kier molecular flexibility index (Phi) is 6.63. The number of rotatable bonds is 6. The number of benzene rings is 1. The topological polar surface area (TPSA) is 30.3 Å². The summed E-state index contributed by atoms with van der Waals surface area (Å²) in [5.74, 6) is -0.302. The zero-order chi connectivity index (χ0) is 23.6. The first-order valence-electron chi connectivity index (χ1n) is 10.9. The van der Waals surface area contributed by atoms with E-state index in [0.29, 0.717) is 12.3 Å². The zero-order valence-electron chi connectivity index (χ0n) is 18.7. The Morgan fingerprint density at radius 1 is 1.09 bits per heavy atom. The molecule has 0 atom stereocenters. The third-order valence-corrected chi connectivity index (χ3v) is 6.44. The minimum absolute atomic E-state index is 0.0415. The van der Waals surface area contributed by atoms with Gasteiger partial charge in [-0.25, -0.2) is 9.37 Å². The molecule has 174 valence electrons. The molecule has 0 unspecified atom stereocenters. The van der Waals surface area contributed by atoms with Crippen molar-refractivity contribution in [2.24, 2.45) is 0 Å². The van der Waals surface area contributed by atoms with Gasteiger partial charge in [-0.1, -0.05) is 12.1 Å². The first-order valence-corrected chi connectivity index (χ1v) is 10.9. The molecule has 0 saturated carbocycles. The van der Waals surface area contributed by atoms with E-state index in [2.05, 4.69) is 9.88 Å². The predicted octanol–water partition coefficient (Wildman–Crippen LogP) is 4.28. The molecule has 0 spiro atoms. The van der Waals surface area contributed by atoms with Crippen LogP contribution in [0, 0.1) is 5.82 Å². The molecule has 0 amide bonds. The van der Waals surface area contributed by atoms with Crippen LogP contribution in [0.15, 0.2) is 54.7 Å². The summed E-state index contributed by atoms with van der Waals surface area (Å²) < 4.78 is 61.9. The molecule has 1 aliphatic heterocycles. The molecule has 0 N–H and O–H groups in total. The van der Waals surface area contributed by atoms with E-state index in [0.717, 1.165) is 43.6 Å². The molecule has 33 heavy (non-hydrogen) atoms. The van der Waals surface area contributed by atoms with Crippen LogP contribution in [0.3, 0.4) is 0 Å². The van der Waals surface area contributed by atoms with Crippen molar-refractivity contribution in [3.05, 3.63) is 77.4 Å².